The molecule has 2 bridgehead atoms. The van der Waals surface area contributed by atoms with E-state index in [4.69, 9.17) is 19.4 Å². The normalized spacial score (nSPS) is 21.7. The Hall–Kier alpha value is -2.26. The number of carboxylic acids is 1. The molecule has 2 N–H and O–H groups in total. The number of aliphatic carboxylic acids is 1. The fourth-order valence-corrected chi connectivity index (χ4v) is 2.89. The molecule has 2 heterocycles. The molecule has 0 amide bonds. The number of hydrogen-bond acceptors (Lipinski definition) is 5. The number of fused-ring (bicyclic) bond motifs is 2. The van der Waals surface area contributed by atoms with Gasteiger partial charge in [0.15, 0.2) is 0 Å². The van der Waals surface area contributed by atoms with Gasteiger partial charge in [-0.3, -0.25) is 4.90 Å². The molecule has 26 heavy (non-hydrogen) atoms. The molecule has 0 aromatic heterocycles. The lowest BCUT2D eigenvalue weighted by molar-refractivity contribution is -0.192. The zero-order valence-corrected chi connectivity index (χ0v) is 14.4. The van der Waals surface area contributed by atoms with Gasteiger partial charge in [-0.15, -0.1) is 0 Å². The Labute approximate surface area is 149 Å². The Balaban J connectivity index is 0.000000298. The van der Waals surface area contributed by atoms with Crippen molar-refractivity contribution in [2.24, 2.45) is 0 Å². The van der Waals surface area contributed by atoms with Crippen molar-refractivity contribution in [2.45, 2.75) is 24.8 Å². The van der Waals surface area contributed by atoms with Gasteiger partial charge in [0.2, 0.25) is 0 Å². The lowest BCUT2D eigenvalue weighted by Gasteiger charge is -2.35. The van der Waals surface area contributed by atoms with Gasteiger partial charge in [0.05, 0.1) is 14.2 Å². The van der Waals surface area contributed by atoms with E-state index in [1.165, 1.54) is 5.56 Å². The summed E-state index contributed by atoms with van der Waals surface area (Å²) < 4.78 is 42.5. The van der Waals surface area contributed by atoms with Gasteiger partial charge in [0.1, 0.15) is 11.5 Å². The van der Waals surface area contributed by atoms with Crippen LogP contribution < -0.4 is 14.8 Å². The van der Waals surface area contributed by atoms with Crippen molar-refractivity contribution in [1.29, 1.82) is 0 Å². The number of carboxylic acid groups (broad SMARTS) is 1. The summed E-state index contributed by atoms with van der Waals surface area (Å²) in [6.07, 6.45) is -0.471. The topological polar surface area (TPSA) is 71.0 Å². The first-order valence-corrected chi connectivity index (χ1v) is 7.92. The summed E-state index contributed by atoms with van der Waals surface area (Å²) in [5, 5.41) is 10.6. The fourth-order valence-electron chi connectivity index (χ4n) is 2.89. The summed E-state index contributed by atoms with van der Waals surface area (Å²) >= 11 is 0. The number of ether oxygens (including phenoxy) is 2. The van der Waals surface area contributed by atoms with Gasteiger partial charge in [-0.05, 0) is 6.07 Å². The van der Waals surface area contributed by atoms with E-state index in [1.807, 2.05) is 12.1 Å². The van der Waals surface area contributed by atoms with Gasteiger partial charge in [-0.2, -0.15) is 13.2 Å². The van der Waals surface area contributed by atoms with Crippen LogP contribution in [0, 0.1) is 0 Å². The van der Waals surface area contributed by atoms with Crippen molar-refractivity contribution < 1.29 is 32.5 Å². The third-order valence-corrected chi connectivity index (χ3v) is 4.20. The molecule has 0 aliphatic carbocycles. The molecule has 1 aromatic rings. The predicted octanol–water partition coefficient (Wildman–Crippen LogP) is 2.05. The van der Waals surface area contributed by atoms with Gasteiger partial charge in [0.25, 0.3) is 0 Å². The first-order chi connectivity index (χ1) is 12.3. The van der Waals surface area contributed by atoms with Crippen molar-refractivity contribution >= 4 is 5.97 Å². The number of benzene rings is 1. The van der Waals surface area contributed by atoms with Gasteiger partial charge in [0, 0.05) is 43.3 Å². The first-order valence-electron chi connectivity index (χ1n) is 7.92. The third-order valence-electron chi connectivity index (χ3n) is 4.20. The van der Waals surface area contributed by atoms with Crippen LogP contribution in [0.1, 0.15) is 5.56 Å². The smallest absolute Gasteiger partial charge is 0.490 e. The Morgan fingerprint density at radius 3 is 2.27 bits per heavy atom. The van der Waals surface area contributed by atoms with Crippen molar-refractivity contribution in [1.82, 2.24) is 10.2 Å². The summed E-state index contributed by atoms with van der Waals surface area (Å²) in [6, 6.07) is 7.05. The number of hydrogen-bond donors (Lipinski definition) is 2. The van der Waals surface area contributed by atoms with Gasteiger partial charge in [-0.1, -0.05) is 18.2 Å². The molecular formula is C17H21F3N2O4. The van der Waals surface area contributed by atoms with E-state index in [1.54, 1.807) is 14.2 Å². The minimum absolute atomic E-state index is 0.505. The van der Waals surface area contributed by atoms with Crippen LogP contribution in [0.4, 0.5) is 13.2 Å². The minimum Gasteiger partial charge on any atom is -0.497 e. The molecule has 2 atom stereocenters. The number of carbonyl (C=O) groups is 1. The predicted molar refractivity (Wildman–Crippen MR) is 88.4 cm³/mol. The quantitative estimate of drug-likeness (QED) is 0.786. The molecule has 2 aliphatic rings. The number of nitrogens with zero attached hydrogens (tertiary/aromatic N) is 1. The van der Waals surface area contributed by atoms with Crippen molar-refractivity contribution in [3.63, 3.8) is 0 Å². The number of rotatable bonds is 4. The Morgan fingerprint density at radius 2 is 1.81 bits per heavy atom. The molecular weight excluding hydrogens is 353 g/mol. The van der Waals surface area contributed by atoms with Crippen molar-refractivity contribution in [2.75, 3.05) is 27.3 Å². The minimum atomic E-state index is -5.08. The largest absolute Gasteiger partial charge is 0.497 e. The van der Waals surface area contributed by atoms with Gasteiger partial charge < -0.3 is 19.9 Å². The highest BCUT2D eigenvalue weighted by Crippen LogP contribution is 2.29. The van der Waals surface area contributed by atoms with E-state index in [0.29, 0.717) is 12.1 Å². The lowest BCUT2D eigenvalue weighted by Crippen LogP contribution is -2.51. The second-order valence-corrected chi connectivity index (χ2v) is 5.83. The molecule has 1 fully saturated rings. The number of halogens is 3. The van der Waals surface area contributed by atoms with E-state index >= 15 is 0 Å². The molecule has 6 nitrogen and oxygen atoms in total. The highest BCUT2D eigenvalue weighted by Gasteiger charge is 2.38. The van der Waals surface area contributed by atoms with Crippen LogP contribution in [0.2, 0.25) is 0 Å². The summed E-state index contributed by atoms with van der Waals surface area (Å²) in [7, 11) is 3.39. The average molecular weight is 374 g/mol. The first kappa shape index (κ1) is 20.1. The molecule has 9 heteroatoms. The standard InChI is InChI=1S/C15H20N2O2.C2HF3O2/c1-18-14-6-3-11(15(7-14)19-2)10-17-12-4-5-13(17)9-16-8-12;3-2(4,5)1(6)7/h3-7,12-13,16H,8-10H2,1-2H3;(H,6,7)/t12-,13+;. The molecule has 0 unspecified atom stereocenters. The van der Waals surface area contributed by atoms with Crippen LogP contribution in [-0.4, -0.2) is 61.5 Å². The molecule has 1 aromatic carbocycles. The molecule has 3 rings (SSSR count). The van der Waals surface area contributed by atoms with Crippen LogP contribution in [0.5, 0.6) is 11.5 Å². The molecule has 2 aliphatic heterocycles. The summed E-state index contributed by atoms with van der Waals surface area (Å²) in [4.78, 5) is 11.4. The molecule has 1 saturated heterocycles. The number of methoxy groups -OCH3 is 2. The highest BCUT2D eigenvalue weighted by molar-refractivity contribution is 5.73. The molecule has 0 radical (unpaired) electrons. The molecule has 144 valence electrons. The monoisotopic (exact) mass is 374 g/mol. The average Bonchev–Trinajstić information content (AvgIpc) is 2.82. The van der Waals surface area contributed by atoms with Crippen LogP contribution in [0.25, 0.3) is 0 Å². The Morgan fingerprint density at radius 1 is 1.23 bits per heavy atom. The van der Waals surface area contributed by atoms with Crippen molar-refractivity contribution in [3.05, 3.63) is 35.9 Å². The SMILES string of the molecule is COc1ccc(CN2[C@@H]3C=C[C@H]2CNC3)c(OC)c1.O=C(O)C(F)(F)F. The van der Waals surface area contributed by atoms with Gasteiger partial charge in [-0.25, -0.2) is 4.79 Å². The lowest BCUT2D eigenvalue weighted by atomic mass is 10.1. The van der Waals surface area contributed by atoms with Crippen LogP contribution in [-0.2, 0) is 11.3 Å². The third kappa shape index (κ3) is 4.89. The maximum Gasteiger partial charge on any atom is 0.490 e. The summed E-state index contributed by atoms with van der Waals surface area (Å²) in [6.45, 7) is 2.98. The second kappa shape index (κ2) is 8.41. The maximum absolute atomic E-state index is 10.6. The zero-order valence-electron chi connectivity index (χ0n) is 14.4. The summed E-state index contributed by atoms with van der Waals surface area (Å²) in [5.41, 5.74) is 1.21. The van der Waals surface area contributed by atoms with E-state index < -0.39 is 12.1 Å². The second-order valence-electron chi connectivity index (χ2n) is 5.83. The van der Waals surface area contributed by atoms with Crippen molar-refractivity contribution in [3.8, 4) is 11.5 Å². The highest BCUT2D eigenvalue weighted by atomic mass is 19.4. The zero-order chi connectivity index (χ0) is 19.3. The number of nitrogens with one attached hydrogen (secondary N) is 1. The van der Waals surface area contributed by atoms with E-state index in [0.717, 1.165) is 31.1 Å². The van der Waals surface area contributed by atoms with Crippen LogP contribution in [0.15, 0.2) is 30.4 Å². The van der Waals surface area contributed by atoms with Crippen LogP contribution >= 0.6 is 0 Å². The maximum atomic E-state index is 10.6. The molecule has 0 saturated carbocycles. The van der Waals surface area contributed by atoms with E-state index in [-0.39, 0.29) is 0 Å². The summed E-state index contributed by atoms with van der Waals surface area (Å²) in [5.74, 6) is -1.02. The molecule has 0 spiro atoms. The Kier molecular flexibility index (Phi) is 6.49. The van der Waals surface area contributed by atoms with E-state index in [9.17, 15) is 13.2 Å². The fraction of sp³-hybridized carbons (Fsp3) is 0.471. The Bertz CT molecular complexity index is 650. The van der Waals surface area contributed by atoms with Gasteiger partial charge >= 0.3 is 12.1 Å². The van der Waals surface area contributed by atoms with E-state index in [2.05, 4.69) is 28.4 Å². The number of alkyl halides is 3. The number of piperazine rings is 1. The van der Waals surface area contributed by atoms with Crippen LogP contribution in [0.3, 0.4) is 0 Å².